The van der Waals surface area contributed by atoms with E-state index in [9.17, 15) is 9.59 Å². The molecule has 1 fully saturated rings. The predicted octanol–water partition coefficient (Wildman–Crippen LogP) is 2.04. The molecule has 0 spiro atoms. The summed E-state index contributed by atoms with van der Waals surface area (Å²) >= 11 is 0. The van der Waals surface area contributed by atoms with Gasteiger partial charge in [0.05, 0.1) is 6.10 Å². The number of rotatable bonds is 6. The average molecular weight is 356 g/mol. The van der Waals surface area contributed by atoms with E-state index in [1.807, 2.05) is 13.8 Å². The smallest absolute Gasteiger partial charge is 0.253 e. The van der Waals surface area contributed by atoms with Crippen molar-refractivity contribution in [2.24, 2.45) is 5.73 Å². The maximum Gasteiger partial charge on any atom is 0.253 e. The summed E-state index contributed by atoms with van der Waals surface area (Å²) in [6.45, 7) is 5.69. The van der Waals surface area contributed by atoms with E-state index < -0.39 is 6.10 Å². The van der Waals surface area contributed by atoms with Crippen LogP contribution in [-0.4, -0.2) is 48.6 Å². The molecule has 24 heavy (non-hydrogen) atoms. The van der Waals surface area contributed by atoms with Gasteiger partial charge < -0.3 is 20.7 Å². The monoisotopic (exact) mass is 355 g/mol. The Balaban J connectivity index is 0.00000288. The fourth-order valence-electron chi connectivity index (χ4n) is 2.68. The van der Waals surface area contributed by atoms with E-state index in [-0.39, 0.29) is 30.3 Å². The van der Waals surface area contributed by atoms with Crippen LogP contribution < -0.4 is 11.1 Å². The van der Waals surface area contributed by atoms with Gasteiger partial charge in [0.2, 0.25) is 0 Å². The number of ether oxygens (including phenoxy) is 1. The van der Waals surface area contributed by atoms with E-state index in [0.717, 1.165) is 6.42 Å². The summed E-state index contributed by atoms with van der Waals surface area (Å²) in [6, 6.07) is 6.94. The molecule has 1 aliphatic heterocycles. The maximum absolute atomic E-state index is 12.2. The van der Waals surface area contributed by atoms with Gasteiger partial charge in [0.15, 0.2) is 0 Å². The molecule has 0 aliphatic carbocycles. The number of carbonyl (C=O) groups is 2. The van der Waals surface area contributed by atoms with E-state index in [4.69, 9.17) is 10.5 Å². The van der Waals surface area contributed by atoms with Gasteiger partial charge in [0, 0.05) is 30.9 Å². The Morgan fingerprint density at radius 3 is 2.33 bits per heavy atom. The Morgan fingerprint density at radius 2 is 1.83 bits per heavy atom. The molecule has 7 heteroatoms. The molecule has 1 aromatic rings. The van der Waals surface area contributed by atoms with Gasteiger partial charge in [-0.3, -0.25) is 9.59 Å². The van der Waals surface area contributed by atoms with Crippen molar-refractivity contribution in [2.75, 3.05) is 25.0 Å². The van der Waals surface area contributed by atoms with Crippen LogP contribution in [0.1, 0.15) is 37.0 Å². The highest BCUT2D eigenvalue weighted by Crippen LogP contribution is 2.20. The lowest BCUT2D eigenvalue weighted by Crippen LogP contribution is -2.30. The van der Waals surface area contributed by atoms with Gasteiger partial charge in [-0.25, -0.2) is 0 Å². The molecule has 3 N–H and O–H groups in total. The van der Waals surface area contributed by atoms with Crippen molar-refractivity contribution in [1.29, 1.82) is 0 Å². The molecule has 0 bridgehead atoms. The maximum atomic E-state index is 12.2. The first-order valence-electron chi connectivity index (χ1n) is 8.14. The zero-order valence-electron chi connectivity index (χ0n) is 14.2. The fourth-order valence-corrected chi connectivity index (χ4v) is 2.68. The highest BCUT2D eigenvalue weighted by atomic mass is 35.5. The van der Waals surface area contributed by atoms with Crippen LogP contribution in [-0.2, 0) is 9.53 Å². The molecule has 0 radical (unpaired) electrons. The zero-order chi connectivity index (χ0) is 16.8. The van der Waals surface area contributed by atoms with E-state index in [2.05, 4.69) is 5.32 Å². The Hall–Kier alpha value is -1.63. The normalized spacial score (nSPS) is 19.5. The van der Waals surface area contributed by atoms with Crippen LogP contribution in [0.2, 0.25) is 0 Å². The molecule has 2 rings (SSSR count). The molecule has 1 heterocycles. The zero-order valence-corrected chi connectivity index (χ0v) is 15.0. The van der Waals surface area contributed by atoms with E-state index >= 15 is 0 Å². The second-order valence-corrected chi connectivity index (χ2v) is 5.60. The summed E-state index contributed by atoms with van der Waals surface area (Å²) < 4.78 is 5.57. The molecular formula is C17H26ClN3O3. The number of anilines is 1. The van der Waals surface area contributed by atoms with Crippen LogP contribution in [0.5, 0.6) is 0 Å². The van der Waals surface area contributed by atoms with Gasteiger partial charge >= 0.3 is 0 Å². The molecule has 1 aromatic carbocycles. The van der Waals surface area contributed by atoms with E-state index in [1.165, 1.54) is 0 Å². The van der Waals surface area contributed by atoms with Crippen LogP contribution in [0.25, 0.3) is 0 Å². The van der Waals surface area contributed by atoms with Crippen LogP contribution in [0, 0.1) is 0 Å². The first kappa shape index (κ1) is 20.4. The van der Waals surface area contributed by atoms with Crippen molar-refractivity contribution < 1.29 is 14.3 Å². The molecule has 2 atom stereocenters. The minimum atomic E-state index is -0.444. The van der Waals surface area contributed by atoms with Gasteiger partial charge in [-0.1, -0.05) is 0 Å². The van der Waals surface area contributed by atoms with Crippen LogP contribution in [0.15, 0.2) is 24.3 Å². The molecule has 6 nitrogen and oxygen atoms in total. The summed E-state index contributed by atoms with van der Waals surface area (Å²) in [4.78, 5) is 26.1. The topological polar surface area (TPSA) is 84.7 Å². The summed E-state index contributed by atoms with van der Waals surface area (Å²) in [5.74, 6) is -0.165. The minimum absolute atomic E-state index is 0. The van der Waals surface area contributed by atoms with Crippen molar-refractivity contribution >= 4 is 29.9 Å². The summed E-state index contributed by atoms with van der Waals surface area (Å²) in [6.07, 6.45) is 1.03. The number of nitrogens with two attached hydrogens (primary N) is 1. The van der Waals surface area contributed by atoms with Crippen molar-refractivity contribution in [1.82, 2.24) is 4.90 Å². The van der Waals surface area contributed by atoms with Crippen molar-refractivity contribution in [3.05, 3.63) is 29.8 Å². The number of hydrogen-bond donors (Lipinski definition) is 2. The van der Waals surface area contributed by atoms with Gasteiger partial charge in [0.1, 0.15) is 6.10 Å². The first-order chi connectivity index (χ1) is 11.1. The van der Waals surface area contributed by atoms with Gasteiger partial charge in [-0.15, -0.1) is 12.4 Å². The third kappa shape index (κ3) is 4.93. The third-order valence-corrected chi connectivity index (χ3v) is 4.11. The number of halogens is 1. The van der Waals surface area contributed by atoms with Crippen LogP contribution in [0.3, 0.4) is 0 Å². The molecule has 0 unspecified atom stereocenters. The number of carbonyl (C=O) groups excluding carboxylic acids is 2. The number of nitrogens with zero attached hydrogens (tertiary/aromatic N) is 1. The average Bonchev–Trinajstić information content (AvgIpc) is 3.06. The Labute approximate surface area is 149 Å². The molecule has 1 saturated heterocycles. The molecule has 0 aromatic heterocycles. The largest absolute Gasteiger partial charge is 0.364 e. The summed E-state index contributed by atoms with van der Waals surface area (Å²) in [5, 5.41) is 2.82. The summed E-state index contributed by atoms with van der Waals surface area (Å²) in [7, 11) is 0. The van der Waals surface area contributed by atoms with Crippen LogP contribution in [0.4, 0.5) is 5.69 Å². The molecular weight excluding hydrogens is 330 g/mol. The van der Waals surface area contributed by atoms with E-state index in [0.29, 0.717) is 37.3 Å². The lowest BCUT2D eigenvalue weighted by atomic mass is 10.1. The van der Waals surface area contributed by atoms with Gasteiger partial charge in [0.25, 0.3) is 11.8 Å². The second kappa shape index (κ2) is 9.61. The SMILES string of the molecule is CCN(CC)C(=O)c1ccc(NC(=O)[C@@H]2CC[C@H](CN)O2)cc1.Cl. The number of nitrogens with one attached hydrogen (secondary N) is 1. The fraction of sp³-hybridized carbons (Fsp3) is 0.529. The van der Waals surface area contributed by atoms with Crippen LogP contribution >= 0.6 is 12.4 Å². The highest BCUT2D eigenvalue weighted by molar-refractivity contribution is 5.97. The lowest BCUT2D eigenvalue weighted by Gasteiger charge is -2.18. The number of amides is 2. The molecule has 2 amide bonds. The summed E-state index contributed by atoms with van der Waals surface area (Å²) in [5.41, 5.74) is 6.82. The first-order valence-corrected chi connectivity index (χ1v) is 8.14. The van der Waals surface area contributed by atoms with Gasteiger partial charge in [-0.2, -0.15) is 0 Å². The Morgan fingerprint density at radius 1 is 1.21 bits per heavy atom. The van der Waals surface area contributed by atoms with E-state index in [1.54, 1.807) is 29.2 Å². The molecule has 134 valence electrons. The quantitative estimate of drug-likeness (QED) is 0.817. The van der Waals surface area contributed by atoms with Crippen molar-refractivity contribution in [2.45, 2.75) is 38.9 Å². The Kier molecular flexibility index (Phi) is 8.18. The minimum Gasteiger partial charge on any atom is -0.364 e. The Bertz CT molecular complexity index is 547. The second-order valence-electron chi connectivity index (χ2n) is 5.60. The molecule has 1 aliphatic rings. The number of benzene rings is 1. The lowest BCUT2D eigenvalue weighted by molar-refractivity contribution is -0.126. The standard InChI is InChI=1S/C17H25N3O3.ClH/c1-3-20(4-2)17(22)12-5-7-13(8-6-12)19-16(21)15-10-9-14(11-18)23-15;/h5-8,14-15H,3-4,9-11,18H2,1-2H3,(H,19,21);1H/t14-,15+;/m1./s1. The molecule has 0 saturated carbocycles. The predicted molar refractivity (Wildman–Crippen MR) is 96.5 cm³/mol. The van der Waals surface area contributed by atoms with Crippen molar-refractivity contribution in [3.63, 3.8) is 0 Å². The number of hydrogen-bond acceptors (Lipinski definition) is 4. The third-order valence-electron chi connectivity index (χ3n) is 4.11. The highest BCUT2D eigenvalue weighted by Gasteiger charge is 2.29. The van der Waals surface area contributed by atoms with Crippen molar-refractivity contribution in [3.8, 4) is 0 Å². The van der Waals surface area contributed by atoms with Gasteiger partial charge in [-0.05, 0) is 51.0 Å².